The molecule has 3 amide bonds. The summed E-state index contributed by atoms with van der Waals surface area (Å²) in [6.45, 7) is 4.58. The third kappa shape index (κ3) is 6.94. The first kappa shape index (κ1) is 17.2. The molecule has 0 aromatic carbocycles. The number of carboxylic acid groups (broad SMARTS) is 1. The fourth-order valence-corrected chi connectivity index (χ4v) is 2.39. The lowest BCUT2D eigenvalue weighted by molar-refractivity contribution is -0.137. The summed E-state index contributed by atoms with van der Waals surface area (Å²) >= 11 is 0. The second kappa shape index (κ2) is 8.46. The quantitative estimate of drug-likeness (QED) is 0.548. The number of amides is 3. The molecule has 120 valence electrons. The van der Waals surface area contributed by atoms with E-state index in [-0.39, 0.29) is 5.92 Å². The van der Waals surface area contributed by atoms with Crippen LogP contribution >= 0.6 is 0 Å². The Morgan fingerprint density at radius 2 is 1.90 bits per heavy atom. The fourth-order valence-electron chi connectivity index (χ4n) is 2.39. The Balaban J connectivity index is 2.36. The van der Waals surface area contributed by atoms with E-state index in [2.05, 4.69) is 10.2 Å². The van der Waals surface area contributed by atoms with E-state index in [1.54, 1.807) is 0 Å². The van der Waals surface area contributed by atoms with Crippen molar-refractivity contribution in [2.75, 3.05) is 39.3 Å². The van der Waals surface area contributed by atoms with Crippen LogP contribution < -0.4 is 11.1 Å². The Morgan fingerprint density at radius 3 is 2.43 bits per heavy atom. The fraction of sp³-hybridized carbons (Fsp3) is 0.769. The van der Waals surface area contributed by atoms with Crippen LogP contribution in [0.3, 0.4) is 0 Å². The maximum Gasteiger partial charge on any atom is 0.323 e. The molecule has 1 atom stereocenters. The van der Waals surface area contributed by atoms with E-state index in [0.717, 1.165) is 24.5 Å². The summed E-state index contributed by atoms with van der Waals surface area (Å²) in [5, 5.41) is 11.4. The molecule has 0 spiro atoms. The number of nitrogens with zero attached hydrogens (tertiary/aromatic N) is 2. The van der Waals surface area contributed by atoms with E-state index in [1.807, 2.05) is 6.92 Å². The van der Waals surface area contributed by atoms with Crippen LogP contribution in [0.4, 0.5) is 4.79 Å². The maximum atomic E-state index is 11.9. The summed E-state index contributed by atoms with van der Waals surface area (Å²) in [7, 11) is 0. The molecule has 1 aliphatic rings. The molecule has 0 aromatic rings. The summed E-state index contributed by atoms with van der Waals surface area (Å²) in [4.78, 5) is 36.7. The highest BCUT2D eigenvalue weighted by Crippen LogP contribution is 2.09. The van der Waals surface area contributed by atoms with Gasteiger partial charge in [-0.25, -0.2) is 4.79 Å². The van der Waals surface area contributed by atoms with Gasteiger partial charge in [-0.05, 0) is 31.8 Å². The smallest absolute Gasteiger partial charge is 0.323 e. The highest BCUT2D eigenvalue weighted by Gasteiger charge is 2.20. The topological polar surface area (TPSA) is 116 Å². The number of nitrogens with one attached hydrogen (secondary N) is 1. The molecule has 1 rings (SSSR count). The van der Waals surface area contributed by atoms with Crippen molar-refractivity contribution < 1.29 is 19.5 Å². The predicted octanol–water partition coefficient (Wildman–Crippen LogP) is -0.700. The maximum absolute atomic E-state index is 11.9. The molecule has 1 unspecified atom stereocenters. The molecule has 8 heteroatoms. The van der Waals surface area contributed by atoms with Crippen LogP contribution in [0.25, 0.3) is 0 Å². The number of rotatable bonds is 8. The van der Waals surface area contributed by atoms with Gasteiger partial charge in [-0.1, -0.05) is 6.92 Å². The number of urea groups is 1. The van der Waals surface area contributed by atoms with E-state index in [1.165, 1.54) is 12.8 Å². The third-order valence-electron chi connectivity index (χ3n) is 3.33. The molecule has 0 radical (unpaired) electrons. The second-order valence-electron chi connectivity index (χ2n) is 5.52. The normalized spacial score (nSPS) is 16.4. The average Bonchev–Trinajstić information content (AvgIpc) is 2.86. The number of hydrogen-bond acceptors (Lipinski definition) is 4. The number of hydrogen-bond donors (Lipinski definition) is 3. The summed E-state index contributed by atoms with van der Waals surface area (Å²) in [6.07, 6.45) is 2.42. The molecule has 0 bridgehead atoms. The Morgan fingerprint density at radius 1 is 1.29 bits per heavy atom. The lowest BCUT2D eigenvalue weighted by Gasteiger charge is -2.23. The zero-order chi connectivity index (χ0) is 15.8. The molecule has 0 saturated carbocycles. The van der Waals surface area contributed by atoms with E-state index in [4.69, 9.17) is 10.8 Å². The number of carbonyl (C=O) groups is 3. The molecular weight excluding hydrogens is 276 g/mol. The number of carboxylic acids is 1. The monoisotopic (exact) mass is 300 g/mol. The van der Waals surface area contributed by atoms with Crippen LogP contribution in [0.5, 0.6) is 0 Å². The van der Waals surface area contributed by atoms with Crippen molar-refractivity contribution in [3.05, 3.63) is 0 Å². The number of carbonyl (C=O) groups excluding carboxylic acids is 2. The van der Waals surface area contributed by atoms with Gasteiger partial charge in [0.15, 0.2) is 0 Å². The number of nitrogens with two attached hydrogens (primary N) is 1. The van der Waals surface area contributed by atoms with Crippen molar-refractivity contribution in [2.45, 2.75) is 19.8 Å². The predicted molar refractivity (Wildman–Crippen MR) is 76.6 cm³/mol. The Labute approximate surface area is 124 Å². The standard InChI is InChI=1S/C13H24N4O4/c1-10(7-16-4-2-3-5-16)6-15-13(21)17(8-11(14)18)9-12(19)20/h10H,2-9H2,1H3,(H2,14,18)(H,15,21)(H,19,20). The molecule has 1 fully saturated rings. The Bertz CT molecular complexity index is 366. The minimum atomic E-state index is -1.18. The third-order valence-corrected chi connectivity index (χ3v) is 3.33. The summed E-state index contributed by atoms with van der Waals surface area (Å²) < 4.78 is 0. The molecule has 0 aliphatic carbocycles. The van der Waals surface area contributed by atoms with E-state index in [0.29, 0.717) is 6.54 Å². The zero-order valence-corrected chi connectivity index (χ0v) is 12.4. The van der Waals surface area contributed by atoms with Gasteiger partial charge in [-0.3, -0.25) is 9.59 Å². The van der Waals surface area contributed by atoms with Crippen LogP contribution in [-0.2, 0) is 9.59 Å². The van der Waals surface area contributed by atoms with Crippen LogP contribution in [0.15, 0.2) is 0 Å². The first-order valence-corrected chi connectivity index (χ1v) is 7.13. The van der Waals surface area contributed by atoms with Gasteiger partial charge in [0, 0.05) is 13.1 Å². The number of likely N-dealkylation sites (tertiary alicyclic amines) is 1. The molecular formula is C13H24N4O4. The van der Waals surface area contributed by atoms with Gasteiger partial charge in [-0.2, -0.15) is 0 Å². The van der Waals surface area contributed by atoms with Crippen molar-refractivity contribution in [3.63, 3.8) is 0 Å². The minimum Gasteiger partial charge on any atom is -0.480 e. The van der Waals surface area contributed by atoms with Crippen LogP contribution in [-0.4, -0.2) is 72.1 Å². The van der Waals surface area contributed by atoms with Crippen LogP contribution in [0.2, 0.25) is 0 Å². The summed E-state index contributed by atoms with van der Waals surface area (Å²) in [6, 6.07) is -0.579. The van der Waals surface area contributed by atoms with Gasteiger partial charge in [0.25, 0.3) is 0 Å². The largest absolute Gasteiger partial charge is 0.480 e. The highest BCUT2D eigenvalue weighted by atomic mass is 16.4. The van der Waals surface area contributed by atoms with Gasteiger partial charge in [0.2, 0.25) is 5.91 Å². The SMILES string of the molecule is CC(CNC(=O)N(CC(N)=O)CC(=O)O)CN1CCCC1. The van der Waals surface area contributed by atoms with Gasteiger partial charge in [0.1, 0.15) is 13.1 Å². The van der Waals surface area contributed by atoms with Gasteiger partial charge in [0.05, 0.1) is 0 Å². The van der Waals surface area contributed by atoms with Crippen molar-refractivity contribution in [1.82, 2.24) is 15.1 Å². The van der Waals surface area contributed by atoms with E-state index < -0.39 is 31.0 Å². The number of aliphatic carboxylic acids is 1. The minimum absolute atomic E-state index is 0.257. The molecule has 1 saturated heterocycles. The summed E-state index contributed by atoms with van der Waals surface area (Å²) in [5.41, 5.74) is 5.01. The molecule has 4 N–H and O–H groups in total. The van der Waals surface area contributed by atoms with Crippen molar-refractivity contribution in [3.8, 4) is 0 Å². The van der Waals surface area contributed by atoms with E-state index in [9.17, 15) is 14.4 Å². The van der Waals surface area contributed by atoms with Crippen molar-refractivity contribution >= 4 is 17.9 Å². The van der Waals surface area contributed by atoms with Gasteiger partial charge >= 0.3 is 12.0 Å². The van der Waals surface area contributed by atoms with Crippen molar-refractivity contribution in [1.29, 1.82) is 0 Å². The van der Waals surface area contributed by atoms with Gasteiger partial charge in [-0.15, -0.1) is 0 Å². The second-order valence-corrected chi connectivity index (χ2v) is 5.52. The zero-order valence-electron chi connectivity index (χ0n) is 12.4. The molecule has 1 heterocycles. The first-order valence-electron chi connectivity index (χ1n) is 7.13. The highest BCUT2D eigenvalue weighted by molar-refractivity contribution is 5.85. The van der Waals surface area contributed by atoms with Gasteiger partial charge < -0.3 is 26.0 Å². The van der Waals surface area contributed by atoms with Crippen LogP contribution in [0.1, 0.15) is 19.8 Å². The molecule has 8 nitrogen and oxygen atoms in total. The number of primary amides is 1. The lowest BCUT2D eigenvalue weighted by atomic mass is 10.1. The van der Waals surface area contributed by atoms with Crippen molar-refractivity contribution in [2.24, 2.45) is 11.7 Å². The lowest BCUT2D eigenvalue weighted by Crippen LogP contribution is -2.48. The molecule has 21 heavy (non-hydrogen) atoms. The average molecular weight is 300 g/mol. The van der Waals surface area contributed by atoms with E-state index >= 15 is 0 Å². The Hall–Kier alpha value is -1.83. The first-order chi connectivity index (χ1) is 9.88. The molecule has 0 aromatic heterocycles. The molecule has 1 aliphatic heterocycles. The van der Waals surface area contributed by atoms with Crippen LogP contribution in [0, 0.1) is 5.92 Å². The Kier molecular flexibility index (Phi) is 6.93. The summed E-state index contributed by atoms with van der Waals surface area (Å²) in [5.74, 6) is -1.67.